The number of hydrogen-bond donors (Lipinski definition) is 2. The van der Waals surface area contributed by atoms with Crippen molar-refractivity contribution in [1.82, 2.24) is 4.90 Å². The van der Waals surface area contributed by atoms with Gasteiger partial charge in [0.05, 0.1) is 38.1 Å². The number of ketones is 1. The zero-order valence-corrected chi connectivity index (χ0v) is 26.0. The number of anilines is 1. The van der Waals surface area contributed by atoms with E-state index in [-0.39, 0.29) is 79.5 Å². The SMILES string of the molecule is CCOc1cc2c(c(F)c1OCC)C(=N)N(CC(=O)c1cc(N(C)CCCO)c(OC)c(C(C)(C)C)c1)C2.Cl.Cl. The van der Waals surface area contributed by atoms with E-state index in [2.05, 4.69) is 20.8 Å². The lowest BCUT2D eigenvalue weighted by Gasteiger charge is -2.29. The van der Waals surface area contributed by atoms with Gasteiger partial charge in [0, 0.05) is 37.9 Å². The van der Waals surface area contributed by atoms with Gasteiger partial charge in [-0.3, -0.25) is 10.2 Å². The van der Waals surface area contributed by atoms with Crippen LogP contribution in [0.5, 0.6) is 17.2 Å². The maximum atomic E-state index is 15.4. The van der Waals surface area contributed by atoms with Crippen LogP contribution in [-0.4, -0.2) is 68.7 Å². The van der Waals surface area contributed by atoms with Crippen molar-refractivity contribution < 1.29 is 28.5 Å². The van der Waals surface area contributed by atoms with Gasteiger partial charge in [0.15, 0.2) is 23.1 Å². The first-order valence-electron chi connectivity index (χ1n) is 13.0. The number of carbonyl (C=O) groups is 1. The van der Waals surface area contributed by atoms with Crippen LogP contribution in [0, 0.1) is 11.2 Å². The van der Waals surface area contributed by atoms with Gasteiger partial charge in [0.25, 0.3) is 0 Å². The zero-order valence-electron chi connectivity index (χ0n) is 24.4. The van der Waals surface area contributed by atoms with Crippen LogP contribution in [0.25, 0.3) is 0 Å². The van der Waals surface area contributed by atoms with Crippen LogP contribution in [0.1, 0.15) is 68.1 Å². The van der Waals surface area contributed by atoms with Gasteiger partial charge >= 0.3 is 0 Å². The summed E-state index contributed by atoms with van der Waals surface area (Å²) in [5.41, 5.74) is 2.53. The van der Waals surface area contributed by atoms with Crippen LogP contribution >= 0.6 is 24.8 Å². The summed E-state index contributed by atoms with van der Waals surface area (Å²) in [6.07, 6.45) is 0.574. The average Bonchev–Trinajstić information content (AvgIpc) is 3.18. The number of rotatable bonds is 12. The number of amidine groups is 1. The number of halogens is 3. The summed E-state index contributed by atoms with van der Waals surface area (Å²) in [5.74, 6) is 0.0890. The number of methoxy groups -OCH3 is 1. The van der Waals surface area contributed by atoms with Crippen LogP contribution in [0.15, 0.2) is 18.2 Å². The first kappa shape index (κ1) is 35.3. The number of carbonyl (C=O) groups excluding carboxylic acids is 1. The molecule has 8 nitrogen and oxygen atoms in total. The van der Waals surface area contributed by atoms with Crippen LogP contribution in [0.3, 0.4) is 0 Å². The molecule has 2 aromatic rings. The quantitative estimate of drug-likeness (QED) is 0.305. The third kappa shape index (κ3) is 7.30. The highest BCUT2D eigenvalue weighted by atomic mass is 35.5. The fourth-order valence-electron chi connectivity index (χ4n) is 4.68. The zero-order chi connectivity index (χ0) is 28.2. The second kappa shape index (κ2) is 14.8. The van der Waals surface area contributed by atoms with Crippen molar-refractivity contribution in [3.8, 4) is 17.2 Å². The Morgan fingerprint density at radius 1 is 1.12 bits per heavy atom. The molecule has 0 fully saturated rings. The highest BCUT2D eigenvalue weighted by Gasteiger charge is 2.34. The fourth-order valence-corrected chi connectivity index (χ4v) is 4.68. The Kier molecular flexibility index (Phi) is 13.0. The van der Waals surface area contributed by atoms with E-state index in [0.717, 1.165) is 11.3 Å². The smallest absolute Gasteiger partial charge is 0.197 e. The maximum absolute atomic E-state index is 15.4. The lowest BCUT2D eigenvalue weighted by Crippen LogP contribution is -2.31. The van der Waals surface area contributed by atoms with E-state index in [4.69, 9.17) is 19.6 Å². The summed E-state index contributed by atoms with van der Waals surface area (Å²) in [6, 6.07) is 5.34. The predicted octanol–water partition coefficient (Wildman–Crippen LogP) is 5.62. The molecule has 0 atom stereocenters. The molecule has 0 amide bonds. The monoisotopic (exact) mass is 601 g/mol. The second-order valence-electron chi connectivity index (χ2n) is 10.4. The molecule has 1 aliphatic rings. The van der Waals surface area contributed by atoms with Crippen LogP contribution in [0.4, 0.5) is 10.1 Å². The van der Waals surface area contributed by atoms with E-state index in [9.17, 15) is 9.90 Å². The van der Waals surface area contributed by atoms with E-state index in [0.29, 0.717) is 42.2 Å². The fraction of sp³-hybridized carbons (Fsp3) is 0.517. The molecule has 0 radical (unpaired) electrons. The molecule has 0 unspecified atom stereocenters. The highest BCUT2D eigenvalue weighted by Crippen LogP contribution is 2.41. The Labute approximate surface area is 249 Å². The highest BCUT2D eigenvalue weighted by molar-refractivity contribution is 6.06. The molecular weight excluding hydrogens is 560 g/mol. The van der Waals surface area contributed by atoms with Crippen molar-refractivity contribution in [2.75, 3.05) is 52.0 Å². The Hall–Kier alpha value is -2.75. The molecule has 11 heteroatoms. The summed E-state index contributed by atoms with van der Waals surface area (Å²) in [6.45, 7) is 11.1. The minimum Gasteiger partial charge on any atom is -0.494 e. The number of nitrogens with one attached hydrogen (secondary N) is 1. The third-order valence-electron chi connectivity index (χ3n) is 6.57. The Balaban J connectivity index is 0.00000400. The molecule has 1 aliphatic heterocycles. The van der Waals surface area contributed by atoms with Crippen molar-refractivity contribution in [2.45, 2.75) is 53.0 Å². The molecule has 0 aromatic heterocycles. The minimum atomic E-state index is -0.639. The van der Waals surface area contributed by atoms with Gasteiger partial charge in [0.2, 0.25) is 0 Å². The first-order chi connectivity index (χ1) is 18.0. The Bertz CT molecular complexity index is 1200. The molecule has 224 valence electrons. The lowest BCUT2D eigenvalue weighted by atomic mass is 9.84. The van der Waals surface area contributed by atoms with Gasteiger partial charge in [-0.05, 0) is 49.4 Å². The number of hydrogen-bond acceptors (Lipinski definition) is 7. The maximum Gasteiger partial charge on any atom is 0.197 e. The molecule has 0 saturated carbocycles. The third-order valence-corrected chi connectivity index (χ3v) is 6.57. The summed E-state index contributed by atoms with van der Waals surface area (Å²) in [7, 11) is 3.51. The van der Waals surface area contributed by atoms with Gasteiger partial charge in [-0.1, -0.05) is 20.8 Å². The average molecular weight is 603 g/mol. The van der Waals surface area contributed by atoms with Gasteiger partial charge in [0.1, 0.15) is 11.6 Å². The normalized spacial score (nSPS) is 12.3. The van der Waals surface area contributed by atoms with E-state index < -0.39 is 5.82 Å². The minimum absolute atomic E-state index is 0. The number of benzene rings is 2. The van der Waals surface area contributed by atoms with Gasteiger partial charge in [-0.25, -0.2) is 4.39 Å². The molecule has 1 heterocycles. The largest absolute Gasteiger partial charge is 0.494 e. The standard InChI is InChI=1S/C29H40FN3O5.2ClH/c1-8-37-23-15-19-16-33(28(31)24(19)25(30)27(23)38-9-2)17-22(35)18-13-20(29(3,4)5)26(36-7)21(14-18)32(6)11-10-12-34;;/h13-15,31,34H,8-12,16-17H2,1-7H3;2*1H. The molecule has 2 N–H and O–H groups in total. The van der Waals surface area contributed by atoms with Gasteiger partial charge in [-0.2, -0.15) is 0 Å². The first-order valence-corrected chi connectivity index (χ1v) is 13.0. The number of ether oxygens (including phenoxy) is 3. The van der Waals surface area contributed by atoms with Crippen molar-refractivity contribution in [3.63, 3.8) is 0 Å². The van der Waals surface area contributed by atoms with Crippen molar-refractivity contribution in [1.29, 1.82) is 5.41 Å². The van der Waals surface area contributed by atoms with Crippen LogP contribution in [0.2, 0.25) is 0 Å². The van der Waals surface area contributed by atoms with Crippen LogP contribution < -0.4 is 19.1 Å². The van der Waals surface area contributed by atoms with Crippen LogP contribution in [-0.2, 0) is 12.0 Å². The van der Waals surface area contributed by atoms with E-state index in [1.54, 1.807) is 31.1 Å². The molecule has 40 heavy (non-hydrogen) atoms. The van der Waals surface area contributed by atoms with E-state index in [1.807, 2.05) is 24.9 Å². The van der Waals surface area contributed by atoms with Crippen molar-refractivity contribution in [2.24, 2.45) is 0 Å². The summed E-state index contributed by atoms with van der Waals surface area (Å²) >= 11 is 0. The van der Waals surface area contributed by atoms with Crippen molar-refractivity contribution in [3.05, 3.63) is 46.3 Å². The molecule has 0 saturated heterocycles. The predicted molar refractivity (Wildman–Crippen MR) is 161 cm³/mol. The molecule has 0 aliphatic carbocycles. The number of aliphatic hydroxyl groups excluding tert-OH is 1. The lowest BCUT2D eigenvalue weighted by molar-refractivity contribution is 0.0962. The molecule has 0 bridgehead atoms. The summed E-state index contributed by atoms with van der Waals surface area (Å²) < 4.78 is 32.3. The second-order valence-corrected chi connectivity index (χ2v) is 10.4. The molecule has 3 rings (SSSR count). The van der Waals surface area contributed by atoms with E-state index >= 15 is 4.39 Å². The van der Waals surface area contributed by atoms with E-state index in [1.165, 1.54) is 0 Å². The Morgan fingerprint density at radius 3 is 2.33 bits per heavy atom. The van der Waals surface area contributed by atoms with Gasteiger partial charge in [-0.15, -0.1) is 24.8 Å². The molecule has 2 aromatic carbocycles. The summed E-state index contributed by atoms with van der Waals surface area (Å²) in [5, 5.41) is 18.0. The number of aliphatic hydroxyl groups is 1. The summed E-state index contributed by atoms with van der Waals surface area (Å²) in [4.78, 5) is 17.1. The Morgan fingerprint density at radius 2 is 1.77 bits per heavy atom. The number of nitrogens with zero attached hydrogens (tertiary/aromatic N) is 2. The molecule has 0 spiro atoms. The van der Waals surface area contributed by atoms with Gasteiger partial charge < -0.3 is 29.1 Å². The molecular formula is C29H42Cl2FN3O5. The van der Waals surface area contributed by atoms with Crippen molar-refractivity contribution >= 4 is 42.1 Å². The topological polar surface area (TPSA) is 95.3 Å². The number of Topliss-reactive ketones (excluding diaryl/α,β-unsaturated/α-hetero) is 1. The number of fused-ring (bicyclic) bond motifs is 1.